The lowest BCUT2D eigenvalue weighted by molar-refractivity contribution is -0.133. The van der Waals surface area contributed by atoms with Crippen molar-refractivity contribution in [3.63, 3.8) is 0 Å². The van der Waals surface area contributed by atoms with E-state index >= 15 is 0 Å². The second kappa shape index (κ2) is 4.58. The Hall–Kier alpha value is -1.26. The van der Waals surface area contributed by atoms with E-state index in [9.17, 15) is 18.0 Å². The van der Waals surface area contributed by atoms with Gasteiger partial charge in [0.25, 0.3) is 0 Å². The molecule has 0 saturated heterocycles. The summed E-state index contributed by atoms with van der Waals surface area (Å²) in [5.41, 5.74) is 0. The van der Waals surface area contributed by atoms with Gasteiger partial charge >= 0.3 is 12.1 Å². The molecule has 0 rings (SSSR count). The van der Waals surface area contributed by atoms with Crippen LogP contribution in [0.15, 0.2) is 25.0 Å². The fraction of sp³-hybridized carbons (Fsp3) is 0.286. The summed E-state index contributed by atoms with van der Waals surface area (Å²) in [6, 6.07) is 0. The molecule has 0 amide bonds. The van der Waals surface area contributed by atoms with Crippen molar-refractivity contribution >= 4 is 5.97 Å². The lowest BCUT2D eigenvalue weighted by Gasteiger charge is -1.99. The number of carbonyl (C=O) groups is 1. The van der Waals surface area contributed by atoms with Gasteiger partial charge in [0.1, 0.15) is 0 Å². The van der Waals surface area contributed by atoms with E-state index in [2.05, 4.69) is 11.3 Å². The Morgan fingerprint density at radius 2 is 2.08 bits per heavy atom. The summed E-state index contributed by atoms with van der Waals surface area (Å²) < 4.78 is 38.5. The number of rotatable bonds is 3. The second-order valence-corrected chi connectivity index (χ2v) is 1.83. The summed E-state index contributed by atoms with van der Waals surface area (Å²) in [7, 11) is 0. The number of allylic oxidation sites excluding steroid dienone is 1. The normalized spacial score (nSPS) is 11.6. The number of hydrogen-bond donors (Lipinski definition) is 0. The first-order chi connectivity index (χ1) is 5.45. The molecule has 0 spiro atoms. The Balaban J connectivity index is 3.64. The zero-order valence-corrected chi connectivity index (χ0v) is 6.10. The van der Waals surface area contributed by atoms with Gasteiger partial charge < -0.3 is 4.74 Å². The van der Waals surface area contributed by atoms with Crippen molar-refractivity contribution in [2.45, 2.75) is 12.6 Å². The maximum Gasteiger partial charge on any atom is 0.392 e. The zero-order valence-electron chi connectivity index (χ0n) is 6.10. The van der Waals surface area contributed by atoms with Gasteiger partial charge in [-0.1, -0.05) is 6.58 Å². The standard InChI is InChI=1S/C7H7F3O2/c1-2-6(11)12-5-3-4-7(8,9)10/h2-3,5H,1,4H2/b5-3+. The number of halogens is 3. The van der Waals surface area contributed by atoms with Gasteiger partial charge in [-0.05, 0) is 6.08 Å². The molecule has 0 aromatic rings. The fourth-order valence-corrected chi connectivity index (χ4v) is 0.345. The summed E-state index contributed by atoms with van der Waals surface area (Å²) >= 11 is 0. The molecule has 0 atom stereocenters. The molecule has 0 N–H and O–H groups in total. The minimum Gasteiger partial charge on any atom is -0.432 e. The summed E-state index contributed by atoms with van der Waals surface area (Å²) in [5, 5.41) is 0. The second-order valence-electron chi connectivity index (χ2n) is 1.83. The molecule has 0 aliphatic carbocycles. The van der Waals surface area contributed by atoms with Crippen LogP contribution >= 0.6 is 0 Å². The van der Waals surface area contributed by atoms with Gasteiger partial charge in [0.2, 0.25) is 0 Å². The quantitative estimate of drug-likeness (QED) is 0.378. The van der Waals surface area contributed by atoms with E-state index in [0.717, 1.165) is 6.08 Å². The summed E-state index contributed by atoms with van der Waals surface area (Å²) in [6.45, 7) is 3.06. The Morgan fingerprint density at radius 1 is 1.50 bits per heavy atom. The van der Waals surface area contributed by atoms with Crippen LogP contribution in [0.1, 0.15) is 6.42 Å². The lowest BCUT2D eigenvalue weighted by atomic mass is 10.4. The largest absolute Gasteiger partial charge is 0.432 e. The van der Waals surface area contributed by atoms with Crippen LogP contribution in [-0.4, -0.2) is 12.1 Å². The summed E-state index contributed by atoms with van der Waals surface area (Å²) in [4.78, 5) is 10.3. The minimum atomic E-state index is -4.27. The molecule has 0 radical (unpaired) electrons. The summed E-state index contributed by atoms with van der Waals surface area (Å²) in [6.07, 6.45) is -3.12. The molecule has 0 fully saturated rings. The number of ether oxygens (including phenoxy) is 1. The molecule has 12 heavy (non-hydrogen) atoms. The third kappa shape index (κ3) is 6.85. The summed E-state index contributed by atoms with van der Waals surface area (Å²) in [5.74, 6) is -0.784. The monoisotopic (exact) mass is 180 g/mol. The van der Waals surface area contributed by atoms with Gasteiger partial charge in [-0.3, -0.25) is 0 Å². The highest BCUT2D eigenvalue weighted by Crippen LogP contribution is 2.19. The molecule has 68 valence electrons. The number of carbonyl (C=O) groups excluding carboxylic acids is 1. The predicted molar refractivity (Wildman–Crippen MR) is 36.1 cm³/mol. The SMILES string of the molecule is C=CC(=O)O/C=C/CC(F)(F)F. The molecule has 0 saturated carbocycles. The van der Waals surface area contributed by atoms with Gasteiger partial charge in [0.15, 0.2) is 0 Å². The van der Waals surface area contributed by atoms with E-state index in [-0.39, 0.29) is 0 Å². The first kappa shape index (κ1) is 10.7. The van der Waals surface area contributed by atoms with Crippen molar-refractivity contribution in [3.05, 3.63) is 25.0 Å². The molecule has 0 aliphatic rings. The Morgan fingerprint density at radius 3 is 2.50 bits per heavy atom. The first-order valence-corrected chi connectivity index (χ1v) is 3.00. The van der Waals surface area contributed by atoms with Crippen molar-refractivity contribution in [1.82, 2.24) is 0 Å². The average molecular weight is 180 g/mol. The lowest BCUT2D eigenvalue weighted by Crippen LogP contribution is -2.04. The first-order valence-electron chi connectivity index (χ1n) is 3.00. The minimum absolute atomic E-state index is 0.692. The van der Waals surface area contributed by atoms with Crippen LogP contribution in [-0.2, 0) is 9.53 Å². The molecule has 0 bridgehead atoms. The maximum absolute atomic E-state index is 11.5. The molecule has 0 heterocycles. The van der Waals surface area contributed by atoms with Crippen LogP contribution in [0.5, 0.6) is 0 Å². The van der Waals surface area contributed by atoms with Gasteiger partial charge in [-0.25, -0.2) is 4.79 Å². The van der Waals surface area contributed by atoms with Crippen molar-refractivity contribution in [2.75, 3.05) is 0 Å². The highest BCUT2D eigenvalue weighted by atomic mass is 19.4. The van der Waals surface area contributed by atoms with Gasteiger partial charge in [-0.2, -0.15) is 13.2 Å². The van der Waals surface area contributed by atoms with Crippen LogP contribution in [0.4, 0.5) is 13.2 Å². The van der Waals surface area contributed by atoms with Gasteiger partial charge in [-0.15, -0.1) is 0 Å². The van der Waals surface area contributed by atoms with E-state index in [0.29, 0.717) is 12.3 Å². The van der Waals surface area contributed by atoms with Crippen molar-refractivity contribution < 1.29 is 22.7 Å². The molecule has 5 heteroatoms. The Labute approximate surface area is 67.3 Å². The third-order valence-electron chi connectivity index (χ3n) is 0.796. The number of alkyl halides is 3. The number of hydrogen-bond acceptors (Lipinski definition) is 2. The predicted octanol–water partition coefficient (Wildman–Crippen LogP) is 2.18. The van der Waals surface area contributed by atoms with Crippen molar-refractivity contribution in [3.8, 4) is 0 Å². The Bertz CT molecular complexity index is 193. The molecule has 0 aliphatic heterocycles. The third-order valence-corrected chi connectivity index (χ3v) is 0.796. The van der Waals surface area contributed by atoms with E-state index in [1.54, 1.807) is 0 Å². The van der Waals surface area contributed by atoms with Crippen LogP contribution in [0.3, 0.4) is 0 Å². The van der Waals surface area contributed by atoms with E-state index in [1.807, 2.05) is 0 Å². The molecular formula is C7H7F3O2. The van der Waals surface area contributed by atoms with Crippen LogP contribution < -0.4 is 0 Å². The maximum atomic E-state index is 11.5. The van der Waals surface area contributed by atoms with E-state index < -0.39 is 18.6 Å². The van der Waals surface area contributed by atoms with E-state index in [1.165, 1.54) is 0 Å². The zero-order chi connectivity index (χ0) is 9.61. The van der Waals surface area contributed by atoms with Gasteiger partial charge in [0.05, 0.1) is 12.7 Å². The highest BCUT2D eigenvalue weighted by Gasteiger charge is 2.24. The molecule has 0 unspecified atom stereocenters. The Kier molecular flexibility index (Phi) is 4.10. The van der Waals surface area contributed by atoms with Crippen LogP contribution in [0.25, 0.3) is 0 Å². The van der Waals surface area contributed by atoms with Crippen LogP contribution in [0, 0.1) is 0 Å². The topological polar surface area (TPSA) is 26.3 Å². The molecular weight excluding hydrogens is 173 g/mol. The van der Waals surface area contributed by atoms with Crippen LogP contribution in [0.2, 0.25) is 0 Å². The average Bonchev–Trinajstić information content (AvgIpc) is 1.96. The molecule has 0 aromatic heterocycles. The highest BCUT2D eigenvalue weighted by molar-refractivity contribution is 5.81. The number of esters is 1. The van der Waals surface area contributed by atoms with Gasteiger partial charge in [0, 0.05) is 6.08 Å². The fourth-order valence-electron chi connectivity index (χ4n) is 0.345. The van der Waals surface area contributed by atoms with Crippen molar-refractivity contribution in [2.24, 2.45) is 0 Å². The van der Waals surface area contributed by atoms with E-state index in [4.69, 9.17) is 0 Å². The smallest absolute Gasteiger partial charge is 0.392 e. The van der Waals surface area contributed by atoms with Crippen molar-refractivity contribution in [1.29, 1.82) is 0 Å². The molecule has 0 aromatic carbocycles. The molecule has 2 nitrogen and oxygen atoms in total.